The number of aromatic nitrogens is 1. The van der Waals surface area contributed by atoms with Crippen molar-refractivity contribution in [1.29, 1.82) is 0 Å². The quantitative estimate of drug-likeness (QED) is 0.558. The number of rotatable bonds is 3. The molecule has 0 saturated carbocycles. The van der Waals surface area contributed by atoms with Crippen molar-refractivity contribution < 1.29 is 19.1 Å². The van der Waals surface area contributed by atoms with Gasteiger partial charge >= 0.3 is 0 Å². The molecule has 4 aromatic rings. The van der Waals surface area contributed by atoms with Crippen molar-refractivity contribution in [3.05, 3.63) is 81.2 Å². The van der Waals surface area contributed by atoms with Gasteiger partial charge in [0.15, 0.2) is 22.1 Å². The third kappa shape index (κ3) is 2.53. The lowest BCUT2D eigenvalue weighted by atomic mass is 9.98. The van der Waals surface area contributed by atoms with Crippen LogP contribution >= 0.6 is 11.3 Å². The number of para-hydroxylation sites is 1. The highest BCUT2D eigenvalue weighted by Gasteiger charge is 2.44. The van der Waals surface area contributed by atoms with Crippen LogP contribution in [-0.2, 0) is 0 Å². The number of fused-ring (bicyclic) bond motifs is 2. The number of amides is 1. The fourth-order valence-electron chi connectivity index (χ4n) is 3.63. The molecule has 0 unspecified atom stereocenters. The van der Waals surface area contributed by atoms with Gasteiger partial charge in [-0.05, 0) is 29.8 Å². The first-order chi connectivity index (χ1) is 14.1. The molecule has 0 bridgehead atoms. The molecule has 1 atom stereocenters. The molecule has 1 N–H and O–H groups in total. The van der Waals surface area contributed by atoms with Gasteiger partial charge in [-0.25, -0.2) is 4.98 Å². The van der Waals surface area contributed by atoms with Crippen LogP contribution < -0.4 is 15.1 Å². The molecule has 0 saturated heterocycles. The third-order valence-corrected chi connectivity index (χ3v) is 5.69. The van der Waals surface area contributed by atoms with E-state index in [0.717, 1.165) is 0 Å². The van der Waals surface area contributed by atoms with Crippen molar-refractivity contribution in [3.63, 3.8) is 0 Å². The molecule has 7 nitrogen and oxygen atoms in total. The summed E-state index contributed by atoms with van der Waals surface area (Å²) in [4.78, 5) is 32.3. The maximum absolute atomic E-state index is 13.3. The molecule has 2 aromatic heterocycles. The SMILES string of the molecule is COc1cc([C@H]2c3c(oc4ccccc4c3=O)C(=O)N2c2nccs2)ccc1O. The van der Waals surface area contributed by atoms with Gasteiger partial charge in [0.25, 0.3) is 5.91 Å². The zero-order chi connectivity index (χ0) is 20.1. The zero-order valence-electron chi connectivity index (χ0n) is 15.2. The second kappa shape index (κ2) is 6.46. The summed E-state index contributed by atoms with van der Waals surface area (Å²) in [6.45, 7) is 0. The van der Waals surface area contributed by atoms with E-state index in [1.54, 1.807) is 48.0 Å². The molecule has 1 amide bonds. The molecule has 5 rings (SSSR count). The van der Waals surface area contributed by atoms with E-state index < -0.39 is 11.9 Å². The molecule has 8 heteroatoms. The van der Waals surface area contributed by atoms with Crippen LogP contribution in [0, 0.1) is 0 Å². The van der Waals surface area contributed by atoms with Gasteiger partial charge in [-0.3, -0.25) is 14.5 Å². The van der Waals surface area contributed by atoms with Crippen LogP contribution in [0.25, 0.3) is 11.0 Å². The minimum Gasteiger partial charge on any atom is -0.504 e. The number of phenolic OH excluding ortho intramolecular Hbond substituents is 1. The van der Waals surface area contributed by atoms with Crippen molar-refractivity contribution in [2.75, 3.05) is 12.0 Å². The standard InChI is InChI=1S/C21H14N2O5S/c1-27-15-10-11(6-7-13(15)24)17-16-18(25)12-4-2-3-5-14(12)28-19(16)20(26)23(17)21-22-8-9-29-21/h2-10,17,24H,1H3/t17-/m0/s1. The van der Waals surface area contributed by atoms with Gasteiger partial charge in [0.05, 0.1) is 24.1 Å². The van der Waals surface area contributed by atoms with Crippen LogP contribution in [0.4, 0.5) is 5.13 Å². The van der Waals surface area contributed by atoms with E-state index in [9.17, 15) is 14.7 Å². The maximum atomic E-state index is 13.3. The largest absolute Gasteiger partial charge is 0.504 e. The normalized spacial score (nSPS) is 15.7. The summed E-state index contributed by atoms with van der Waals surface area (Å²) in [6, 6.07) is 10.8. The Kier molecular flexibility index (Phi) is 3.88. The monoisotopic (exact) mass is 406 g/mol. The fourth-order valence-corrected chi connectivity index (χ4v) is 4.30. The van der Waals surface area contributed by atoms with Crippen LogP contribution in [-0.4, -0.2) is 23.1 Å². The third-order valence-electron chi connectivity index (χ3n) is 4.92. The molecule has 0 aliphatic carbocycles. The molecule has 1 aliphatic heterocycles. The van der Waals surface area contributed by atoms with Crippen LogP contribution in [0.1, 0.15) is 27.7 Å². The van der Waals surface area contributed by atoms with E-state index in [0.29, 0.717) is 21.7 Å². The predicted molar refractivity (Wildman–Crippen MR) is 108 cm³/mol. The fraction of sp³-hybridized carbons (Fsp3) is 0.0952. The number of carbonyl (C=O) groups excluding carboxylic acids is 1. The molecular weight excluding hydrogens is 392 g/mol. The number of methoxy groups -OCH3 is 1. The smallest absolute Gasteiger partial charge is 0.297 e. The Bertz CT molecular complexity index is 1310. The molecule has 0 spiro atoms. The number of hydrogen-bond donors (Lipinski definition) is 1. The Labute approximate surface area is 168 Å². The predicted octanol–water partition coefficient (Wildman–Crippen LogP) is 3.71. The van der Waals surface area contributed by atoms with Crippen molar-refractivity contribution in [1.82, 2.24) is 4.98 Å². The van der Waals surface area contributed by atoms with Gasteiger partial charge in [0, 0.05) is 11.6 Å². The molecule has 29 heavy (non-hydrogen) atoms. The van der Waals surface area contributed by atoms with Gasteiger partial charge in [-0.15, -0.1) is 11.3 Å². The van der Waals surface area contributed by atoms with Crippen molar-refractivity contribution >= 4 is 33.3 Å². The summed E-state index contributed by atoms with van der Waals surface area (Å²) < 4.78 is 11.1. The Morgan fingerprint density at radius 1 is 1.21 bits per heavy atom. The maximum Gasteiger partial charge on any atom is 0.297 e. The number of aromatic hydroxyl groups is 1. The summed E-state index contributed by atoms with van der Waals surface area (Å²) in [5, 5.41) is 12.6. The van der Waals surface area contributed by atoms with E-state index >= 15 is 0 Å². The topological polar surface area (TPSA) is 92.9 Å². The van der Waals surface area contributed by atoms with Crippen LogP contribution in [0.2, 0.25) is 0 Å². The number of benzene rings is 2. The molecule has 3 heterocycles. The number of thiazole rings is 1. The number of anilines is 1. The second-order valence-electron chi connectivity index (χ2n) is 6.49. The van der Waals surface area contributed by atoms with Crippen molar-refractivity contribution in [2.45, 2.75) is 6.04 Å². The van der Waals surface area contributed by atoms with E-state index in [1.165, 1.54) is 29.4 Å². The lowest BCUT2D eigenvalue weighted by molar-refractivity contribution is 0.0971. The van der Waals surface area contributed by atoms with Crippen LogP contribution in [0.5, 0.6) is 11.5 Å². The molecule has 2 aromatic carbocycles. The highest BCUT2D eigenvalue weighted by Crippen LogP contribution is 2.43. The minimum absolute atomic E-state index is 0.000872. The minimum atomic E-state index is -0.751. The molecule has 0 fully saturated rings. The highest BCUT2D eigenvalue weighted by molar-refractivity contribution is 7.13. The number of ether oxygens (including phenoxy) is 1. The summed E-state index contributed by atoms with van der Waals surface area (Å²) in [5.41, 5.74) is 0.931. The van der Waals surface area contributed by atoms with E-state index in [4.69, 9.17) is 9.15 Å². The molecule has 0 radical (unpaired) electrons. The summed E-state index contributed by atoms with van der Waals surface area (Å²) in [5.74, 6) is -0.226. The van der Waals surface area contributed by atoms with E-state index in [2.05, 4.69) is 4.98 Å². The first kappa shape index (κ1) is 17.4. The summed E-state index contributed by atoms with van der Waals surface area (Å²) in [6.07, 6.45) is 1.59. The van der Waals surface area contributed by atoms with E-state index in [1.807, 2.05) is 0 Å². The average Bonchev–Trinajstić information content (AvgIpc) is 3.35. The van der Waals surface area contributed by atoms with Gasteiger partial charge in [0.1, 0.15) is 5.58 Å². The second-order valence-corrected chi connectivity index (χ2v) is 7.37. The van der Waals surface area contributed by atoms with E-state index in [-0.39, 0.29) is 28.3 Å². The Balaban J connectivity index is 1.83. The van der Waals surface area contributed by atoms with Crippen molar-refractivity contribution in [3.8, 4) is 11.5 Å². The first-order valence-electron chi connectivity index (χ1n) is 8.76. The van der Waals surface area contributed by atoms with Gasteiger partial charge in [-0.2, -0.15) is 0 Å². The number of hydrogen-bond acceptors (Lipinski definition) is 7. The Morgan fingerprint density at radius 3 is 2.79 bits per heavy atom. The molecule has 144 valence electrons. The first-order valence-corrected chi connectivity index (χ1v) is 9.64. The summed E-state index contributed by atoms with van der Waals surface area (Å²) in [7, 11) is 1.44. The number of phenols is 1. The number of nitrogens with zero attached hydrogens (tertiary/aromatic N) is 2. The number of carbonyl (C=O) groups is 1. The van der Waals surface area contributed by atoms with Crippen molar-refractivity contribution in [2.24, 2.45) is 0 Å². The van der Waals surface area contributed by atoms with Crippen LogP contribution in [0.15, 0.2) is 63.3 Å². The Morgan fingerprint density at radius 2 is 2.03 bits per heavy atom. The summed E-state index contributed by atoms with van der Waals surface area (Å²) >= 11 is 1.29. The molecular formula is C21H14N2O5S. The lowest BCUT2D eigenvalue weighted by Crippen LogP contribution is -2.29. The highest BCUT2D eigenvalue weighted by atomic mass is 32.1. The van der Waals surface area contributed by atoms with Gasteiger partial charge < -0.3 is 14.3 Å². The van der Waals surface area contributed by atoms with Gasteiger partial charge in [0.2, 0.25) is 5.76 Å². The Hall–Kier alpha value is -3.65. The van der Waals surface area contributed by atoms with Crippen LogP contribution in [0.3, 0.4) is 0 Å². The zero-order valence-corrected chi connectivity index (χ0v) is 16.0. The molecule has 1 aliphatic rings. The van der Waals surface area contributed by atoms with Gasteiger partial charge in [-0.1, -0.05) is 18.2 Å². The average molecular weight is 406 g/mol. The lowest BCUT2D eigenvalue weighted by Gasteiger charge is -2.23.